The van der Waals surface area contributed by atoms with E-state index in [0.717, 1.165) is 78.9 Å². The number of anilines is 1. The average Bonchev–Trinajstić information content (AvgIpc) is 3.83. The molecule has 0 bridgehead atoms. The Balaban J connectivity index is 0.717. The lowest BCUT2D eigenvalue weighted by Gasteiger charge is -2.42. The number of aromatic nitrogens is 4. The fourth-order valence-electron chi connectivity index (χ4n) is 11.9. The summed E-state index contributed by atoms with van der Waals surface area (Å²) in [4.78, 5) is 66.9. The number of aryl methyl sites for hydroxylation is 3. The maximum absolute atomic E-state index is 16.2. The molecule has 10 rings (SSSR count). The van der Waals surface area contributed by atoms with Crippen LogP contribution in [0, 0.1) is 18.7 Å². The van der Waals surface area contributed by atoms with Crippen molar-refractivity contribution in [3.63, 3.8) is 0 Å². The van der Waals surface area contributed by atoms with Crippen LogP contribution in [-0.4, -0.2) is 133 Å². The maximum Gasteiger partial charge on any atom is 0.329 e. The van der Waals surface area contributed by atoms with E-state index in [1.165, 1.54) is 27.8 Å². The second kappa shape index (κ2) is 19.9. The number of imide groups is 1. The third-order valence-electron chi connectivity index (χ3n) is 16.0. The van der Waals surface area contributed by atoms with E-state index >= 15 is 4.39 Å². The number of aliphatic hydroxyl groups is 1. The SMILES string of the molecule is CNC1=CC(O)N(c2ccnc3c2cc([C@H](C)N2CC=C(c4c(C)cc(C(=O)N5CCC(CN6CCN(Cc7ccc8c(c7)n(C)c(=O)n8[C@@H]7CCC(=O)NC7=O)C[C@@H]6C)CC5)cc4F)CC2)n3C)C=C1F. The summed E-state index contributed by atoms with van der Waals surface area (Å²) in [7, 11) is 5.29. The summed E-state index contributed by atoms with van der Waals surface area (Å²) in [5.41, 5.74) is 7.50. The van der Waals surface area contributed by atoms with Gasteiger partial charge in [0.2, 0.25) is 11.8 Å². The summed E-state index contributed by atoms with van der Waals surface area (Å²) in [6.45, 7) is 13.3. The minimum Gasteiger partial charge on any atom is -0.386 e. The number of carbonyl (C=O) groups is 3. The Bertz CT molecular complexity index is 3100. The van der Waals surface area contributed by atoms with Crippen molar-refractivity contribution < 1.29 is 28.3 Å². The molecular formula is C54H65F2N11O5. The van der Waals surface area contributed by atoms with Crippen molar-refractivity contribution in [3.05, 3.63) is 123 Å². The van der Waals surface area contributed by atoms with Crippen LogP contribution in [0.5, 0.6) is 0 Å². The molecule has 0 saturated carbocycles. The summed E-state index contributed by atoms with van der Waals surface area (Å²) in [5.74, 6) is -1.28. The van der Waals surface area contributed by atoms with Gasteiger partial charge in [0.15, 0.2) is 12.1 Å². The van der Waals surface area contributed by atoms with E-state index in [1.54, 1.807) is 30.9 Å². The van der Waals surface area contributed by atoms with E-state index in [2.05, 4.69) is 56.3 Å². The normalized spacial score (nSPS) is 22.6. The zero-order chi connectivity index (χ0) is 50.7. The van der Waals surface area contributed by atoms with Gasteiger partial charge in [-0.25, -0.2) is 18.6 Å². The predicted octanol–water partition coefficient (Wildman–Crippen LogP) is 5.61. The van der Waals surface area contributed by atoms with Crippen molar-refractivity contribution in [2.75, 3.05) is 64.3 Å². The van der Waals surface area contributed by atoms with Gasteiger partial charge in [-0.3, -0.25) is 43.5 Å². The standard InChI is InChI=1S/C54H65F2N11O5/c1-32-23-38(25-40(55)50(32)37-14-19-63(20-15-37)34(3)46-26-39-43(11-16-58-51(39)60(46)5)66-31-41(56)42(57-4)27-49(66)69)53(71)64-17-12-35(13-18-64)30-65-22-21-62(28-33(65)2)29-36-7-8-44-47(24-36)61(6)54(72)67(44)45-9-10-48(68)59-52(45)70/h7-8,11,14,16,23-27,31,33-35,45,49,57,69H,9-10,12-13,15,17-22,28-30H2,1-6H3,(H,59,68,70)/t33-,34-,45+,49?/m0/s1. The molecule has 0 radical (unpaired) electrons. The number of amides is 3. The minimum atomic E-state index is -1.06. The quantitative estimate of drug-likeness (QED) is 0.142. The number of piperidine rings is 2. The summed E-state index contributed by atoms with van der Waals surface area (Å²) in [5, 5.41) is 16.8. The molecule has 72 heavy (non-hydrogen) atoms. The Labute approximate surface area is 417 Å². The molecule has 2 aromatic carbocycles. The fraction of sp³-hybridized carbons (Fsp3) is 0.463. The molecule has 0 aliphatic carbocycles. The number of imidazole rings is 1. The Morgan fingerprint density at radius 3 is 2.46 bits per heavy atom. The van der Waals surface area contributed by atoms with Crippen molar-refractivity contribution in [1.29, 1.82) is 0 Å². The molecule has 3 aromatic heterocycles. The number of piperazine rings is 1. The number of carbonyl (C=O) groups excluding carboxylic acids is 3. The number of halogens is 2. The number of allylic oxidation sites excluding steroid dienone is 1. The van der Waals surface area contributed by atoms with Crippen LogP contribution in [0.1, 0.15) is 90.8 Å². The molecule has 5 aromatic rings. The number of rotatable bonds is 11. The molecule has 18 heteroatoms. The number of hydrogen-bond donors (Lipinski definition) is 3. The first-order valence-corrected chi connectivity index (χ1v) is 25.3. The van der Waals surface area contributed by atoms with E-state index in [1.807, 2.05) is 47.7 Å². The topological polar surface area (TPSA) is 156 Å². The van der Waals surface area contributed by atoms with Crippen molar-refractivity contribution in [1.82, 2.24) is 48.9 Å². The van der Waals surface area contributed by atoms with Gasteiger partial charge in [0.25, 0.3) is 5.91 Å². The lowest BCUT2D eigenvalue weighted by molar-refractivity contribution is -0.135. The van der Waals surface area contributed by atoms with Crippen molar-refractivity contribution in [2.24, 2.45) is 20.0 Å². The Morgan fingerprint density at radius 2 is 1.75 bits per heavy atom. The van der Waals surface area contributed by atoms with E-state index in [9.17, 15) is 28.7 Å². The van der Waals surface area contributed by atoms with Gasteiger partial charge in [-0.2, -0.15) is 0 Å². The molecule has 5 aliphatic heterocycles. The van der Waals surface area contributed by atoms with Crippen molar-refractivity contribution in [3.8, 4) is 0 Å². The van der Waals surface area contributed by atoms with Gasteiger partial charge in [0.05, 0.1) is 22.4 Å². The molecule has 380 valence electrons. The third kappa shape index (κ3) is 9.18. The van der Waals surface area contributed by atoms with E-state index in [0.29, 0.717) is 79.0 Å². The number of likely N-dealkylation sites (tertiary alicyclic amines) is 1. The van der Waals surface area contributed by atoms with Crippen LogP contribution >= 0.6 is 0 Å². The van der Waals surface area contributed by atoms with Crippen LogP contribution in [0.2, 0.25) is 0 Å². The summed E-state index contributed by atoms with van der Waals surface area (Å²) in [6, 6.07) is 12.7. The number of nitrogens with one attached hydrogen (secondary N) is 2. The van der Waals surface area contributed by atoms with E-state index in [4.69, 9.17) is 0 Å². The number of hydrogen-bond acceptors (Lipinski definition) is 11. The molecule has 5 aliphatic rings. The minimum absolute atomic E-state index is 0.0247. The highest BCUT2D eigenvalue weighted by molar-refractivity contribution is 6.00. The summed E-state index contributed by atoms with van der Waals surface area (Å²) < 4.78 is 36.1. The Morgan fingerprint density at radius 1 is 0.958 bits per heavy atom. The van der Waals surface area contributed by atoms with Crippen LogP contribution in [0.25, 0.3) is 27.6 Å². The van der Waals surface area contributed by atoms with E-state index in [-0.39, 0.29) is 41.5 Å². The Kier molecular flexibility index (Phi) is 13.5. The van der Waals surface area contributed by atoms with Gasteiger partial charge >= 0.3 is 5.69 Å². The highest BCUT2D eigenvalue weighted by atomic mass is 19.1. The number of fused-ring (bicyclic) bond motifs is 2. The van der Waals surface area contributed by atoms with Crippen LogP contribution in [0.4, 0.5) is 14.5 Å². The molecule has 1 unspecified atom stereocenters. The smallest absolute Gasteiger partial charge is 0.329 e. The second-order valence-electron chi connectivity index (χ2n) is 20.4. The average molecular weight is 986 g/mol. The van der Waals surface area contributed by atoms with Crippen LogP contribution in [0.3, 0.4) is 0 Å². The molecule has 3 amide bonds. The Hall–Kier alpha value is -6.47. The molecular weight excluding hydrogens is 921 g/mol. The van der Waals surface area contributed by atoms with Crippen LogP contribution in [0.15, 0.2) is 83.3 Å². The van der Waals surface area contributed by atoms with Gasteiger partial charge in [-0.15, -0.1) is 0 Å². The fourth-order valence-corrected chi connectivity index (χ4v) is 11.9. The van der Waals surface area contributed by atoms with Gasteiger partial charge in [-0.1, -0.05) is 12.1 Å². The number of nitrogens with zero attached hydrogens (tertiary/aromatic N) is 9. The molecule has 4 atom stereocenters. The van der Waals surface area contributed by atoms with Gasteiger partial charge in [0.1, 0.15) is 17.5 Å². The van der Waals surface area contributed by atoms with Crippen LogP contribution in [-0.2, 0) is 30.2 Å². The zero-order valence-electron chi connectivity index (χ0n) is 42.0. The van der Waals surface area contributed by atoms with E-state index < -0.39 is 24.0 Å². The molecule has 3 N–H and O–H groups in total. The molecule has 3 saturated heterocycles. The largest absolute Gasteiger partial charge is 0.386 e. The number of likely N-dealkylation sites (N-methyl/N-ethyl adjacent to an activating group) is 1. The second-order valence-corrected chi connectivity index (χ2v) is 20.4. The molecule has 16 nitrogen and oxygen atoms in total. The number of pyridine rings is 1. The third-order valence-corrected chi connectivity index (χ3v) is 16.0. The summed E-state index contributed by atoms with van der Waals surface area (Å²) >= 11 is 0. The highest BCUT2D eigenvalue weighted by Crippen LogP contribution is 2.37. The summed E-state index contributed by atoms with van der Waals surface area (Å²) in [6.07, 6.45) is 8.35. The van der Waals surface area contributed by atoms with Crippen LogP contribution < -0.4 is 21.2 Å². The number of aliphatic hydroxyl groups excluding tert-OH is 1. The molecule has 3 fully saturated rings. The maximum atomic E-state index is 16.2. The first-order chi connectivity index (χ1) is 34.6. The lowest BCUT2D eigenvalue weighted by Crippen LogP contribution is -2.53. The molecule has 0 spiro atoms. The first kappa shape index (κ1) is 49.1. The predicted molar refractivity (Wildman–Crippen MR) is 273 cm³/mol. The van der Waals surface area contributed by atoms with Gasteiger partial charge < -0.3 is 24.8 Å². The first-order valence-electron chi connectivity index (χ1n) is 25.3. The van der Waals surface area contributed by atoms with Gasteiger partial charge in [-0.05, 0) is 112 Å². The number of benzene rings is 2. The van der Waals surface area contributed by atoms with Crippen molar-refractivity contribution >= 4 is 51.0 Å². The lowest BCUT2D eigenvalue weighted by atomic mass is 9.92. The van der Waals surface area contributed by atoms with Gasteiger partial charge in [0, 0.05) is 133 Å². The highest BCUT2D eigenvalue weighted by Gasteiger charge is 2.34. The monoisotopic (exact) mass is 986 g/mol. The molecule has 8 heterocycles. The van der Waals surface area contributed by atoms with Crippen molar-refractivity contribution in [2.45, 2.75) is 83.8 Å². The zero-order valence-corrected chi connectivity index (χ0v) is 42.0.